The highest BCUT2D eigenvalue weighted by Gasteiger charge is 2.44. The zero-order valence-electron chi connectivity index (χ0n) is 17.9. The Bertz CT molecular complexity index is 377. The van der Waals surface area contributed by atoms with Gasteiger partial charge in [-0.2, -0.15) is 0 Å². The van der Waals surface area contributed by atoms with Crippen molar-refractivity contribution in [3.63, 3.8) is 0 Å². The van der Waals surface area contributed by atoms with Crippen molar-refractivity contribution in [1.82, 2.24) is 0 Å². The lowest BCUT2D eigenvalue weighted by Crippen LogP contribution is -2.56. The average molecular weight is 477 g/mol. The Morgan fingerprint density at radius 1 is 0.923 bits per heavy atom. The van der Waals surface area contributed by atoms with Gasteiger partial charge in [-0.1, -0.05) is 13.1 Å². The topological polar surface area (TPSA) is 75.6 Å². The van der Waals surface area contributed by atoms with Crippen LogP contribution in [0.3, 0.4) is 0 Å². The minimum Gasteiger partial charge on any atom is -0.442 e. The monoisotopic (exact) mass is 476 g/mol. The molecular weight excluding hydrogens is 437 g/mol. The van der Waals surface area contributed by atoms with E-state index in [1.807, 2.05) is 6.55 Å². The second-order valence-corrected chi connectivity index (χ2v) is 23.1. The number of aliphatic hydroxyl groups excluding tert-OH is 1. The van der Waals surface area contributed by atoms with Crippen LogP contribution in [0.15, 0.2) is 0 Å². The molecule has 0 aromatic carbocycles. The summed E-state index contributed by atoms with van der Waals surface area (Å²) in [7, 11) is -9.76. The third kappa shape index (κ3) is 13.2. The quantitative estimate of drug-likeness (QED) is 0.264. The van der Waals surface area contributed by atoms with Gasteiger partial charge >= 0.3 is 26.6 Å². The Labute approximate surface area is 169 Å². The Morgan fingerprint density at radius 3 is 2.08 bits per heavy atom. The highest BCUT2D eigenvalue weighted by atomic mass is 28.5. The number of aliphatic hydroxyl groups is 1. The second-order valence-electron chi connectivity index (χ2n) is 7.23. The van der Waals surface area contributed by atoms with Crippen LogP contribution in [0.2, 0.25) is 58.4 Å². The Morgan fingerprint density at radius 2 is 1.54 bits per heavy atom. The van der Waals surface area contributed by atoms with Gasteiger partial charge < -0.3 is 30.4 Å². The molecule has 0 bridgehead atoms. The van der Waals surface area contributed by atoms with Crippen LogP contribution in [0.25, 0.3) is 0 Å². The van der Waals surface area contributed by atoms with Gasteiger partial charge in [0.05, 0.1) is 13.2 Å². The molecule has 0 heterocycles. The van der Waals surface area contributed by atoms with E-state index in [4.69, 9.17) is 30.4 Å². The van der Waals surface area contributed by atoms with Crippen molar-refractivity contribution in [3.05, 3.63) is 0 Å². The smallest absolute Gasteiger partial charge is 0.442 e. The molecule has 0 aliphatic heterocycles. The molecule has 0 aromatic heterocycles. The van der Waals surface area contributed by atoms with Crippen molar-refractivity contribution in [2.45, 2.75) is 64.8 Å². The van der Waals surface area contributed by atoms with Crippen LogP contribution < -0.4 is 0 Å². The first-order valence-electron chi connectivity index (χ1n) is 9.51. The highest BCUT2D eigenvalue weighted by molar-refractivity contribution is 6.84. The molecule has 0 amide bonds. The molecule has 7 nitrogen and oxygen atoms in total. The lowest BCUT2D eigenvalue weighted by molar-refractivity contribution is 0.0923. The molecule has 2 atom stereocenters. The molecular formula is C13H40O7Si6. The summed E-state index contributed by atoms with van der Waals surface area (Å²) in [5.41, 5.74) is 0. The van der Waals surface area contributed by atoms with Crippen molar-refractivity contribution in [3.8, 4) is 0 Å². The Balaban J connectivity index is 4.61. The summed E-state index contributed by atoms with van der Waals surface area (Å²) in [4.78, 5) is 0. The Hall–Kier alpha value is 1.02. The standard InChI is InChI=1S/C13H40O7Si6/c1-21-16-25(6,7)20-26(8,17-22-2)19-23(3)18-24(4,5)13-9-11-15-12-10-14/h14,23H,9-13,21-22H2,1-8H3/t23?,26-/m0/s1. The van der Waals surface area contributed by atoms with Crippen molar-refractivity contribution in [2.75, 3.05) is 19.8 Å². The SMILES string of the molecule is C[SiH2]O[Si](C)(C)O[Si@@](C)(O[SiH2]C)O[SiH](C)O[Si](C)(C)CCCOCCO. The number of hydrogen-bond donors (Lipinski definition) is 1. The summed E-state index contributed by atoms with van der Waals surface area (Å²) in [6.45, 7) is 18.0. The number of hydrogen-bond acceptors (Lipinski definition) is 7. The van der Waals surface area contributed by atoms with Gasteiger partial charge in [0.25, 0.3) is 0 Å². The van der Waals surface area contributed by atoms with Gasteiger partial charge in [0.1, 0.15) is 19.5 Å². The van der Waals surface area contributed by atoms with E-state index >= 15 is 0 Å². The van der Waals surface area contributed by atoms with Crippen LogP contribution in [-0.2, 0) is 25.3 Å². The summed E-state index contributed by atoms with van der Waals surface area (Å²) >= 11 is 0. The molecule has 0 radical (unpaired) electrons. The minimum atomic E-state index is -2.71. The fourth-order valence-corrected chi connectivity index (χ4v) is 22.4. The lowest BCUT2D eigenvalue weighted by atomic mass is 10.5. The molecule has 0 aromatic rings. The van der Waals surface area contributed by atoms with Crippen LogP contribution >= 0.6 is 0 Å². The zero-order chi connectivity index (χ0) is 20.3. The van der Waals surface area contributed by atoms with E-state index in [2.05, 4.69) is 45.8 Å². The molecule has 0 spiro atoms. The van der Waals surface area contributed by atoms with E-state index < -0.39 is 54.5 Å². The fraction of sp³-hybridized carbons (Fsp3) is 1.00. The van der Waals surface area contributed by atoms with Gasteiger partial charge in [-0.05, 0) is 45.2 Å². The third-order valence-electron chi connectivity index (χ3n) is 3.50. The van der Waals surface area contributed by atoms with Gasteiger partial charge in [-0.15, -0.1) is 0 Å². The van der Waals surface area contributed by atoms with Gasteiger partial charge in [0.2, 0.25) is 0 Å². The predicted octanol–water partition coefficient (Wildman–Crippen LogP) is 1.06. The van der Waals surface area contributed by atoms with Crippen LogP contribution in [0.5, 0.6) is 0 Å². The van der Waals surface area contributed by atoms with Gasteiger partial charge in [-0.3, -0.25) is 0 Å². The van der Waals surface area contributed by atoms with E-state index in [1.165, 1.54) is 0 Å². The fourth-order valence-electron chi connectivity index (χ4n) is 2.77. The zero-order valence-corrected chi connectivity index (χ0v) is 24.9. The van der Waals surface area contributed by atoms with E-state index in [1.54, 1.807) is 0 Å². The predicted molar refractivity (Wildman–Crippen MR) is 121 cm³/mol. The maximum absolute atomic E-state index is 8.74. The van der Waals surface area contributed by atoms with E-state index in [9.17, 15) is 0 Å². The van der Waals surface area contributed by atoms with Gasteiger partial charge in [-0.25, -0.2) is 0 Å². The summed E-state index contributed by atoms with van der Waals surface area (Å²) in [5, 5.41) is 8.74. The molecule has 0 saturated heterocycles. The molecule has 1 N–H and O–H groups in total. The minimum absolute atomic E-state index is 0.0724. The van der Waals surface area contributed by atoms with E-state index in [0.717, 1.165) is 12.5 Å². The molecule has 0 aliphatic carbocycles. The Kier molecular flexibility index (Phi) is 13.8. The second kappa shape index (κ2) is 13.3. The van der Waals surface area contributed by atoms with E-state index in [0.29, 0.717) is 13.2 Å². The first-order chi connectivity index (χ1) is 12.0. The maximum Gasteiger partial charge on any atom is 0.468 e. The summed E-state index contributed by atoms with van der Waals surface area (Å²) in [6, 6.07) is 1.01. The largest absolute Gasteiger partial charge is 0.468 e. The molecule has 0 rings (SSSR count). The summed E-state index contributed by atoms with van der Waals surface area (Å²) in [5.74, 6) is 0. The summed E-state index contributed by atoms with van der Waals surface area (Å²) in [6.07, 6.45) is 0.943. The highest BCUT2D eigenvalue weighted by Crippen LogP contribution is 2.21. The van der Waals surface area contributed by atoms with Crippen molar-refractivity contribution >= 4 is 54.5 Å². The molecule has 26 heavy (non-hydrogen) atoms. The molecule has 158 valence electrons. The van der Waals surface area contributed by atoms with Crippen molar-refractivity contribution in [2.24, 2.45) is 0 Å². The van der Waals surface area contributed by atoms with E-state index in [-0.39, 0.29) is 6.61 Å². The first kappa shape index (κ1) is 27.0. The van der Waals surface area contributed by atoms with Crippen LogP contribution in [-0.4, -0.2) is 79.4 Å². The molecule has 0 fully saturated rings. The number of rotatable bonds is 16. The third-order valence-corrected chi connectivity index (χ3v) is 22.6. The number of ether oxygens (including phenoxy) is 1. The van der Waals surface area contributed by atoms with Crippen LogP contribution in [0, 0.1) is 0 Å². The van der Waals surface area contributed by atoms with Crippen molar-refractivity contribution in [1.29, 1.82) is 0 Å². The van der Waals surface area contributed by atoms with Gasteiger partial charge in [0.15, 0.2) is 8.32 Å². The van der Waals surface area contributed by atoms with Gasteiger partial charge in [0, 0.05) is 13.2 Å². The summed E-state index contributed by atoms with van der Waals surface area (Å²) < 4.78 is 36.4. The maximum atomic E-state index is 8.74. The van der Waals surface area contributed by atoms with Crippen LogP contribution in [0.4, 0.5) is 0 Å². The normalized spacial score (nSPS) is 17.4. The molecule has 1 unspecified atom stereocenters. The first-order valence-corrected chi connectivity index (χ1v) is 23.7. The molecule has 0 aliphatic rings. The average Bonchev–Trinajstić information content (AvgIpc) is 2.44. The lowest BCUT2D eigenvalue weighted by Gasteiger charge is -2.37. The van der Waals surface area contributed by atoms with Crippen molar-refractivity contribution < 1.29 is 30.4 Å². The van der Waals surface area contributed by atoms with Crippen LogP contribution in [0.1, 0.15) is 6.42 Å². The molecule has 0 saturated carbocycles. The molecule has 13 heteroatoms.